The number of carbonyl (C=O) groups is 3. The summed E-state index contributed by atoms with van der Waals surface area (Å²) in [5.74, 6) is -0.253. The molecule has 1 fully saturated rings. The van der Waals surface area contributed by atoms with E-state index in [2.05, 4.69) is 5.32 Å². The molecule has 1 aliphatic carbocycles. The second-order valence-electron chi connectivity index (χ2n) is 7.14. The van der Waals surface area contributed by atoms with Gasteiger partial charge in [-0.1, -0.05) is 6.07 Å². The molecule has 8 heteroatoms. The van der Waals surface area contributed by atoms with Crippen LogP contribution >= 0.6 is 11.8 Å². The molecule has 29 heavy (non-hydrogen) atoms. The maximum Gasteiger partial charge on any atom is 0.330 e. The fraction of sp³-hybridized carbons (Fsp3) is 0.381. The van der Waals surface area contributed by atoms with E-state index in [9.17, 15) is 14.4 Å². The molecule has 2 amide bonds. The van der Waals surface area contributed by atoms with Gasteiger partial charge in [0.2, 0.25) is 5.91 Å². The second-order valence-corrected chi connectivity index (χ2v) is 8.25. The summed E-state index contributed by atoms with van der Waals surface area (Å²) in [5.41, 5.74) is 3.28. The molecule has 2 aliphatic rings. The maximum atomic E-state index is 12.5. The van der Waals surface area contributed by atoms with Gasteiger partial charge in [0.05, 0.1) is 6.26 Å². The maximum absolute atomic E-state index is 12.5. The van der Waals surface area contributed by atoms with Gasteiger partial charge in [0.15, 0.2) is 6.61 Å². The number of benzene rings is 1. The predicted octanol–water partition coefficient (Wildman–Crippen LogP) is 2.91. The van der Waals surface area contributed by atoms with Gasteiger partial charge in [-0.15, -0.1) is 11.8 Å². The number of hydrogen-bond donors (Lipinski definition) is 1. The fourth-order valence-corrected chi connectivity index (χ4v) is 5.22. The molecule has 1 N–H and O–H groups in total. The number of rotatable bonds is 5. The van der Waals surface area contributed by atoms with Crippen LogP contribution in [0.1, 0.15) is 35.6 Å². The molecular weight excluding hydrogens is 392 g/mol. The third-order valence-corrected chi connectivity index (χ3v) is 6.43. The Morgan fingerprint density at radius 3 is 2.83 bits per heavy atom. The first-order valence-electron chi connectivity index (χ1n) is 9.55. The molecule has 0 saturated carbocycles. The third-order valence-electron chi connectivity index (χ3n) is 5.15. The van der Waals surface area contributed by atoms with Gasteiger partial charge < -0.3 is 19.4 Å². The first-order chi connectivity index (χ1) is 14.0. The van der Waals surface area contributed by atoms with Crippen molar-refractivity contribution in [3.63, 3.8) is 0 Å². The number of esters is 1. The van der Waals surface area contributed by atoms with Crippen LogP contribution in [0.4, 0.5) is 5.69 Å². The molecule has 1 saturated heterocycles. The van der Waals surface area contributed by atoms with Crippen LogP contribution in [0.25, 0.3) is 0 Å². The van der Waals surface area contributed by atoms with Crippen molar-refractivity contribution in [3.05, 3.63) is 53.5 Å². The van der Waals surface area contributed by atoms with E-state index in [0.717, 1.165) is 19.3 Å². The molecule has 1 aliphatic heterocycles. The van der Waals surface area contributed by atoms with E-state index < -0.39 is 24.5 Å². The molecule has 4 rings (SSSR count). The molecule has 7 nitrogen and oxygen atoms in total. The first kappa shape index (κ1) is 19.6. The van der Waals surface area contributed by atoms with Crippen molar-refractivity contribution >= 4 is 35.2 Å². The highest BCUT2D eigenvalue weighted by atomic mass is 32.2. The Kier molecular flexibility index (Phi) is 5.62. The van der Waals surface area contributed by atoms with E-state index >= 15 is 0 Å². The van der Waals surface area contributed by atoms with Crippen LogP contribution in [0.5, 0.6) is 0 Å². The van der Waals surface area contributed by atoms with Gasteiger partial charge in [-0.3, -0.25) is 9.59 Å². The minimum atomic E-state index is -0.750. The Morgan fingerprint density at radius 2 is 2.07 bits per heavy atom. The van der Waals surface area contributed by atoms with Gasteiger partial charge in [0, 0.05) is 18.4 Å². The number of aryl methyl sites for hydroxylation is 2. The Bertz CT molecular complexity index is 927. The molecule has 0 bridgehead atoms. The average molecular weight is 414 g/mol. The van der Waals surface area contributed by atoms with Crippen molar-refractivity contribution in [2.45, 2.75) is 37.6 Å². The molecule has 0 unspecified atom stereocenters. The number of furan rings is 1. The lowest BCUT2D eigenvalue weighted by molar-refractivity contribution is -0.155. The summed E-state index contributed by atoms with van der Waals surface area (Å²) in [4.78, 5) is 38.3. The number of amides is 2. The Morgan fingerprint density at radius 1 is 1.24 bits per heavy atom. The molecule has 2 aromatic rings. The van der Waals surface area contributed by atoms with E-state index in [4.69, 9.17) is 9.15 Å². The van der Waals surface area contributed by atoms with Crippen molar-refractivity contribution in [1.29, 1.82) is 0 Å². The standard InChI is InChI=1S/C21H22N2O5S/c1-13(24)23-17(12-29-20(23)18-6-3-9-27-18)21(26)28-11-19(25)22-16-8-7-14-4-2-5-15(14)10-16/h3,6-10,17,20H,2,4-5,11-12H2,1H3,(H,22,25)/t17-,20-/m1/s1. The number of fused-ring (bicyclic) bond motifs is 1. The SMILES string of the molecule is CC(=O)N1[C@@H](C(=O)OCC(=O)Nc2ccc3c(c2)CCC3)CS[C@@H]1c1ccco1. The van der Waals surface area contributed by atoms with Crippen molar-refractivity contribution in [3.8, 4) is 0 Å². The number of nitrogens with zero attached hydrogens (tertiary/aromatic N) is 1. The van der Waals surface area contributed by atoms with Crippen molar-refractivity contribution in [1.82, 2.24) is 4.90 Å². The van der Waals surface area contributed by atoms with E-state index in [1.807, 2.05) is 18.2 Å². The van der Waals surface area contributed by atoms with Gasteiger partial charge in [-0.2, -0.15) is 0 Å². The number of ether oxygens (including phenoxy) is 1. The largest absolute Gasteiger partial charge is 0.466 e. The number of thioether (sulfide) groups is 1. The van der Waals surface area contributed by atoms with Gasteiger partial charge in [-0.05, 0) is 54.7 Å². The summed E-state index contributed by atoms with van der Waals surface area (Å²) < 4.78 is 10.6. The number of anilines is 1. The van der Waals surface area contributed by atoms with E-state index in [0.29, 0.717) is 17.2 Å². The van der Waals surface area contributed by atoms with Crippen LogP contribution in [0.2, 0.25) is 0 Å². The van der Waals surface area contributed by atoms with E-state index in [1.165, 1.54) is 41.0 Å². The minimum absolute atomic E-state index is 0.249. The summed E-state index contributed by atoms with van der Waals surface area (Å²) in [6.07, 6.45) is 4.76. The van der Waals surface area contributed by atoms with Crippen LogP contribution in [0.3, 0.4) is 0 Å². The zero-order chi connectivity index (χ0) is 20.4. The summed E-state index contributed by atoms with van der Waals surface area (Å²) in [6, 6.07) is 8.62. The smallest absolute Gasteiger partial charge is 0.330 e. The highest BCUT2D eigenvalue weighted by molar-refractivity contribution is 7.99. The quantitative estimate of drug-likeness (QED) is 0.757. The highest BCUT2D eigenvalue weighted by Gasteiger charge is 2.43. The zero-order valence-electron chi connectivity index (χ0n) is 16.1. The molecule has 0 radical (unpaired) electrons. The van der Waals surface area contributed by atoms with Gasteiger partial charge in [0.25, 0.3) is 5.91 Å². The van der Waals surface area contributed by atoms with Crippen LogP contribution in [0, 0.1) is 0 Å². The molecule has 1 aromatic heterocycles. The molecule has 2 heterocycles. The summed E-state index contributed by atoms with van der Waals surface area (Å²) in [6.45, 7) is 1.01. The van der Waals surface area contributed by atoms with Crippen LogP contribution in [0.15, 0.2) is 41.0 Å². The minimum Gasteiger partial charge on any atom is -0.466 e. The highest BCUT2D eigenvalue weighted by Crippen LogP contribution is 2.41. The molecule has 2 atom stereocenters. The third kappa shape index (κ3) is 4.17. The van der Waals surface area contributed by atoms with Crippen molar-refractivity contribution in [2.75, 3.05) is 17.7 Å². The van der Waals surface area contributed by atoms with Crippen LogP contribution < -0.4 is 5.32 Å². The average Bonchev–Trinajstić information content (AvgIpc) is 3.44. The lowest BCUT2D eigenvalue weighted by atomic mass is 10.1. The van der Waals surface area contributed by atoms with Crippen molar-refractivity contribution < 1.29 is 23.5 Å². The van der Waals surface area contributed by atoms with Gasteiger partial charge in [0.1, 0.15) is 17.2 Å². The van der Waals surface area contributed by atoms with Gasteiger partial charge >= 0.3 is 5.97 Å². The van der Waals surface area contributed by atoms with Crippen molar-refractivity contribution in [2.24, 2.45) is 0 Å². The number of nitrogens with one attached hydrogen (secondary N) is 1. The zero-order valence-corrected chi connectivity index (χ0v) is 16.9. The molecule has 1 aromatic carbocycles. The Hall–Kier alpha value is -2.74. The molecule has 0 spiro atoms. The normalized spacial score (nSPS) is 20.4. The molecular formula is C21H22N2O5S. The topological polar surface area (TPSA) is 88.8 Å². The van der Waals surface area contributed by atoms with Crippen LogP contribution in [-0.4, -0.2) is 41.1 Å². The Balaban J connectivity index is 1.34. The lowest BCUT2D eigenvalue weighted by Gasteiger charge is -2.25. The lowest BCUT2D eigenvalue weighted by Crippen LogP contribution is -2.43. The summed E-state index contributed by atoms with van der Waals surface area (Å²) >= 11 is 1.43. The fourth-order valence-electron chi connectivity index (χ4n) is 3.80. The number of carbonyl (C=O) groups excluding carboxylic acids is 3. The second kappa shape index (κ2) is 8.32. The summed E-state index contributed by atoms with van der Waals surface area (Å²) in [7, 11) is 0. The van der Waals surface area contributed by atoms with E-state index in [-0.39, 0.29) is 11.3 Å². The molecule has 152 valence electrons. The van der Waals surface area contributed by atoms with Gasteiger partial charge in [-0.25, -0.2) is 4.79 Å². The van der Waals surface area contributed by atoms with Crippen LogP contribution in [-0.2, 0) is 32.0 Å². The monoisotopic (exact) mass is 414 g/mol. The summed E-state index contributed by atoms with van der Waals surface area (Å²) in [5, 5.41) is 2.39. The van der Waals surface area contributed by atoms with E-state index in [1.54, 1.807) is 12.1 Å². The first-order valence-corrected chi connectivity index (χ1v) is 10.6. The number of hydrogen-bond acceptors (Lipinski definition) is 6. The Labute approximate surface area is 172 Å². The predicted molar refractivity (Wildman–Crippen MR) is 108 cm³/mol.